The molecular weight excluding hydrogens is 254 g/mol. The van der Waals surface area contributed by atoms with Crippen LogP contribution in [0.15, 0.2) is 36.8 Å². The summed E-state index contributed by atoms with van der Waals surface area (Å²) in [7, 11) is 0. The van der Waals surface area contributed by atoms with E-state index in [1.165, 1.54) is 0 Å². The van der Waals surface area contributed by atoms with Crippen molar-refractivity contribution in [2.75, 3.05) is 11.9 Å². The number of aromatic nitrogens is 3. The predicted octanol–water partition coefficient (Wildman–Crippen LogP) is 1.62. The Bertz CT molecular complexity index is 559. The number of carbonyl (C=O) groups is 1. The Morgan fingerprint density at radius 3 is 2.75 bits per heavy atom. The minimum absolute atomic E-state index is 0.179. The van der Waals surface area contributed by atoms with Gasteiger partial charge in [-0.25, -0.2) is 9.97 Å². The summed E-state index contributed by atoms with van der Waals surface area (Å²) >= 11 is 0. The molecule has 2 aromatic rings. The first kappa shape index (κ1) is 13.9. The van der Waals surface area contributed by atoms with E-state index >= 15 is 0 Å². The van der Waals surface area contributed by atoms with Gasteiger partial charge in [0.1, 0.15) is 5.69 Å². The van der Waals surface area contributed by atoms with Crippen molar-refractivity contribution in [3.8, 4) is 0 Å². The largest absolute Gasteiger partial charge is 0.351 e. The smallest absolute Gasteiger partial charge is 0.270 e. The molecule has 2 heterocycles. The van der Waals surface area contributed by atoms with Gasteiger partial charge in [0, 0.05) is 31.7 Å². The lowest BCUT2D eigenvalue weighted by molar-refractivity contribution is 0.0948. The maximum absolute atomic E-state index is 11.8. The number of carbonyl (C=O) groups excluding carboxylic acids is 1. The van der Waals surface area contributed by atoms with Gasteiger partial charge in [-0.1, -0.05) is 6.92 Å². The van der Waals surface area contributed by atoms with E-state index in [0.717, 1.165) is 12.0 Å². The van der Waals surface area contributed by atoms with Crippen LogP contribution in [0.4, 0.5) is 5.95 Å². The van der Waals surface area contributed by atoms with Crippen LogP contribution in [-0.4, -0.2) is 27.4 Å². The van der Waals surface area contributed by atoms with E-state index in [1.54, 1.807) is 24.7 Å². The van der Waals surface area contributed by atoms with Crippen molar-refractivity contribution in [1.82, 2.24) is 20.3 Å². The molecule has 0 saturated carbocycles. The van der Waals surface area contributed by atoms with Crippen molar-refractivity contribution in [2.45, 2.75) is 19.9 Å². The number of nitrogens with one attached hydrogen (secondary N) is 2. The topological polar surface area (TPSA) is 79.8 Å². The number of pyridine rings is 1. The number of hydrogen-bond donors (Lipinski definition) is 2. The highest BCUT2D eigenvalue weighted by molar-refractivity contribution is 5.92. The molecule has 0 aliphatic carbocycles. The van der Waals surface area contributed by atoms with Gasteiger partial charge in [-0.2, -0.15) is 0 Å². The molecule has 0 aliphatic heterocycles. The molecule has 0 unspecified atom stereocenters. The molecule has 6 nitrogen and oxygen atoms in total. The van der Waals surface area contributed by atoms with E-state index in [0.29, 0.717) is 24.7 Å². The van der Waals surface area contributed by atoms with Gasteiger partial charge in [0.15, 0.2) is 0 Å². The normalized spacial score (nSPS) is 10.1. The monoisotopic (exact) mass is 271 g/mol. The lowest BCUT2D eigenvalue weighted by Crippen LogP contribution is -2.25. The van der Waals surface area contributed by atoms with Crippen LogP contribution < -0.4 is 10.6 Å². The van der Waals surface area contributed by atoms with E-state index in [1.807, 2.05) is 19.1 Å². The molecule has 6 heteroatoms. The van der Waals surface area contributed by atoms with E-state index in [4.69, 9.17) is 0 Å². The van der Waals surface area contributed by atoms with Crippen molar-refractivity contribution in [2.24, 2.45) is 0 Å². The molecule has 104 valence electrons. The second-order valence-electron chi connectivity index (χ2n) is 4.23. The molecule has 2 N–H and O–H groups in total. The first-order valence-electron chi connectivity index (χ1n) is 6.53. The summed E-state index contributed by atoms with van der Waals surface area (Å²) in [5, 5.41) is 5.87. The predicted molar refractivity (Wildman–Crippen MR) is 76.2 cm³/mol. The molecule has 2 rings (SSSR count). The fourth-order valence-electron chi connectivity index (χ4n) is 1.58. The van der Waals surface area contributed by atoms with Crippen molar-refractivity contribution in [3.63, 3.8) is 0 Å². The fraction of sp³-hybridized carbons (Fsp3) is 0.286. The van der Waals surface area contributed by atoms with Gasteiger partial charge in [-0.15, -0.1) is 0 Å². The Kier molecular flexibility index (Phi) is 5.00. The Balaban J connectivity index is 1.97. The minimum Gasteiger partial charge on any atom is -0.351 e. The second kappa shape index (κ2) is 7.18. The zero-order chi connectivity index (χ0) is 14.2. The van der Waals surface area contributed by atoms with Gasteiger partial charge < -0.3 is 10.6 Å². The van der Waals surface area contributed by atoms with Crippen LogP contribution in [0.1, 0.15) is 29.4 Å². The Morgan fingerprint density at radius 2 is 2.00 bits per heavy atom. The van der Waals surface area contributed by atoms with Crippen molar-refractivity contribution >= 4 is 11.9 Å². The molecule has 20 heavy (non-hydrogen) atoms. The van der Waals surface area contributed by atoms with Gasteiger partial charge in [-0.3, -0.25) is 9.78 Å². The van der Waals surface area contributed by atoms with Crippen LogP contribution in [0.3, 0.4) is 0 Å². The molecule has 1 amide bonds. The van der Waals surface area contributed by atoms with Crippen LogP contribution in [0.5, 0.6) is 0 Å². The number of amides is 1. The second-order valence-corrected chi connectivity index (χ2v) is 4.23. The van der Waals surface area contributed by atoms with Crippen molar-refractivity contribution < 1.29 is 4.79 Å². The van der Waals surface area contributed by atoms with Gasteiger partial charge in [0.2, 0.25) is 5.95 Å². The summed E-state index contributed by atoms with van der Waals surface area (Å²) in [6, 6.07) is 5.41. The lowest BCUT2D eigenvalue weighted by atomic mass is 10.3. The fourth-order valence-corrected chi connectivity index (χ4v) is 1.58. The standard InChI is InChI=1S/C14H17N5O/c1-2-6-16-13(20)12-5-9-17-14(19-12)18-10-11-3-7-15-8-4-11/h3-5,7-9H,2,6,10H2,1H3,(H,16,20)(H,17,18,19). The summed E-state index contributed by atoms with van der Waals surface area (Å²) in [4.78, 5) is 24.0. The Hall–Kier alpha value is -2.50. The van der Waals surface area contributed by atoms with E-state index in [9.17, 15) is 4.79 Å². The average Bonchev–Trinajstić information content (AvgIpc) is 2.52. The summed E-state index contributed by atoms with van der Waals surface area (Å²) in [6.45, 7) is 3.23. The zero-order valence-corrected chi connectivity index (χ0v) is 11.3. The molecule has 0 aromatic carbocycles. The maximum Gasteiger partial charge on any atom is 0.270 e. The molecule has 0 bridgehead atoms. The zero-order valence-electron chi connectivity index (χ0n) is 11.3. The number of anilines is 1. The number of hydrogen-bond acceptors (Lipinski definition) is 5. The third-order valence-corrected chi connectivity index (χ3v) is 2.62. The third kappa shape index (κ3) is 4.01. The van der Waals surface area contributed by atoms with Crippen molar-refractivity contribution in [1.29, 1.82) is 0 Å². The average molecular weight is 271 g/mol. The van der Waals surface area contributed by atoms with Crippen LogP contribution in [0.25, 0.3) is 0 Å². The first-order valence-corrected chi connectivity index (χ1v) is 6.53. The van der Waals surface area contributed by atoms with Gasteiger partial charge >= 0.3 is 0 Å². The van der Waals surface area contributed by atoms with E-state index in [2.05, 4.69) is 25.6 Å². The Morgan fingerprint density at radius 1 is 1.20 bits per heavy atom. The summed E-state index contributed by atoms with van der Waals surface area (Å²) in [5.41, 5.74) is 1.44. The van der Waals surface area contributed by atoms with Crippen LogP contribution in [0, 0.1) is 0 Å². The van der Waals surface area contributed by atoms with Crippen LogP contribution in [-0.2, 0) is 6.54 Å². The molecule has 0 fully saturated rings. The summed E-state index contributed by atoms with van der Waals surface area (Å²) in [6.07, 6.45) is 5.92. The highest BCUT2D eigenvalue weighted by Gasteiger charge is 2.07. The van der Waals surface area contributed by atoms with E-state index < -0.39 is 0 Å². The quantitative estimate of drug-likeness (QED) is 0.834. The first-order chi connectivity index (χ1) is 9.79. The molecule has 0 radical (unpaired) electrons. The SMILES string of the molecule is CCCNC(=O)c1ccnc(NCc2ccncc2)n1. The minimum atomic E-state index is -0.179. The van der Waals surface area contributed by atoms with Gasteiger partial charge in [-0.05, 0) is 30.2 Å². The highest BCUT2D eigenvalue weighted by atomic mass is 16.1. The molecular formula is C14H17N5O. The van der Waals surface area contributed by atoms with E-state index in [-0.39, 0.29) is 5.91 Å². The number of rotatable bonds is 6. The molecule has 2 aromatic heterocycles. The van der Waals surface area contributed by atoms with Gasteiger partial charge in [0.05, 0.1) is 0 Å². The molecule has 0 saturated heterocycles. The summed E-state index contributed by atoms with van der Waals surface area (Å²) in [5.74, 6) is 0.257. The molecule has 0 aliphatic rings. The van der Waals surface area contributed by atoms with Crippen LogP contribution >= 0.6 is 0 Å². The molecule has 0 spiro atoms. The van der Waals surface area contributed by atoms with Crippen LogP contribution in [0.2, 0.25) is 0 Å². The Labute approximate surface area is 117 Å². The maximum atomic E-state index is 11.8. The summed E-state index contributed by atoms with van der Waals surface area (Å²) < 4.78 is 0. The highest BCUT2D eigenvalue weighted by Crippen LogP contribution is 2.04. The molecule has 0 atom stereocenters. The lowest BCUT2D eigenvalue weighted by Gasteiger charge is -2.06. The van der Waals surface area contributed by atoms with Crippen molar-refractivity contribution in [3.05, 3.63) is 48.0 Å². The third-order valence-electron chi connectivity index (χ3n) is 2.62. The number of nitrogens with zero attached hydrogens (tertiary/aromatic N) is 3. The van der Waals surface area contributed by atoms with Gasteiger partial charge in [0.25, 0.3) is 5.91 Å².